The molecule has 1 aliphatic carbocycles. The van der Waals surface area contributed by atoms with Crippen LogP contribution in [0.15, 0.2) is 29.2 Å². The Morgan fingerprint density at radius 1 is 1.27 bits per heavy atom. The van der Waals surface area contributed by atoms with Crippen molar-refractivity contribution in [2.45, 2.75) is 73.2 Å². The molecule has 2 aliphatic heterocycles. The summed E-state index contributed by atoms with van der Waals surface area (Å²) >= 11 is 5.99. The van der Waals surface area contributed by atoms with Crippen molar-refractivity contribution >= 4 is 34.2 Å². The SMILES string of the molecule is CC1(C)Cc2nc(N3CCC(c4ccc(Cl)cc4)C(F)C3)nc(NC3(CO)CCC3)c2S1=O. The van der Waals surface area contributed by atoms with Crippen LogP contribution in [0.3, 0.4) is 0 Å². The maximum Gasteiger partial charge on any atom is 0.227 e. The second-order valence-corrected chi connectivity index (χ2v) is 12.7. The molecule has 178 valence electrons. The molecule has 1 saturated carbocycles. The molecule has 1 aromatic carbocycles. The van der Waals surface area contributed by atoms with Crippen LogP contribution in [0.25, 0.3) is 0 Å². The lowest BCUT2D eigenvalue weighted by Crippen LogP contribution is -2.49. The van der Waals surface area contributed by atoms with Gasteiger partial charge in [0.05, 0.1) is 39.9 Å². The predicted molar refractivity (Wildman–Crippen MR) is 129 cm³/mol. The average molecular weight is 493 g/mol. The Bertz CT molecular complexity index is 1070. The van der Waals surface area contributed by atoms with Gasteiger partial charge >= 0.3 is 0 Å². The van der Waals surface area contributed by atoms with Crippen molar-refractivity contribution in [3.8, 4) is 0 Å². The Morgan fingerprint density at radius 2 is 2.00 bits per heavy atom. The second kappa shape index (κ2) is 8.47. The predicted octanol–water partition coefficient (Wildman–Crippen LogP) is 4.23. The number of halogens is 2. The molecule has 33 heavy (non-hydrogen) atoms. The fraction of sp³-hybridized carbons (Fsp3) is 0.583. The van der Waals surface area contributed by atoms with Crippen molar-refractivity contribution in [3.63, 3.8) is 0 Å². The largest absolute Gasteiger partial charge is 0.394 e. The van der Waals surface area contributed by atoms with Gasteiger partial charge in [0.2, 0.25) is 5.95 Å². The van der Waals surface area contributed by atoms with Gasteiger partial charge in [-0.25, -0.2) is 9.37 Å². The summed E-state index contributed by atoms with van der Waals surface area (Å²) in [6.07, 6.45) is 2.87. The Labute approximate surface area is 201 Å². The standard InChI is InChI=1S/C24H30ClFN4O2S/c1-23(2)12-19-20(33(23)32)21(29-24(14-31)9-3-10-24)28-22(27-19)30-11-8-17(18(26)13-30)15-4-6-16(25)7-5-15/h4-7,17-18,31H,3,8-14H2,1-2H3,(H,27,28,29). The number of aromatic nitrogens is 2. The molecule has 3 unspecified atom stereocenters. The molecular weight excluding hydrogens is 463 g/mol. The van der Waals surface area contributed by atoms with Crippen LogP contribution in [0.1, 0.15) is 56.7 Å². The van der Waals surface area contributed by atoms with Gasteiger partial charge in [0.15, 0.2) is 0 Å². The Hall–Kier alpha value is -1.77. The van der Waals surface area contributed by atoms with E-state index in [0.29, 0.717) is 41.1 Å². The third-order valence-corrected chi connectivity index (χ3v) is 9.52. The first kappa shape index (κ1) is 23.0. The molecule has 0 spiro atoms. The van der Waals surface area contributed by atoms with Gasteiger partial charge in [-0.3, -0.25) is 4.21 Å². The van der Waals surface area contributed by atoms with E-state index in [0.717, 1.165) is 30.5 Å². The molecule has 2 fully saturated rings. The maximum absolute atomic E-state index is 15.3. The van der Waals surface area contributed by atoms with E-state index >= 15 is 4.39 Å². The lowest BCUT2D eigenvalue weighted by molar-refractivity contribution is 0.143. The van der Waals surface area contributed by atoms with Gasteiger partial charge in [0.1, 0.15) is 16.9 Å². The van der Waals surface area contributed by atoms with E-state index in [-0.39, 0.29) is 19.1 Å². The highest BCUT2D eigenvalue weighted by Gasteiger charge is 2.44. The van der Waals surface area contributed by atoms with Gasteiger partial charge in [0, 0.05) is 23.9 Å². The van der Waals surface area contributed by atoms with Crippen LogP contribution >= 0.6 is 11.6 Å². The van der Waals surface area contributed by atoms with E-state index in [9.17, 15) is 9.32 Å². The van der Waals surface area contributed by atoms with E-state index in [4.69, 9.17) is 21.6 Å². The van der Waals surface area contributed by atoms with Crippen molar-refractivity contribution in [2.75, 3.05) is 29.9 Å². The number of piperidine rings is 1. The lowest BCUT2D eigenvalue weighted by Gasteiger charge is -2.42. The molecule has 2 aromatic rings. The molecule has 9 heteroatoms. The zero-order chi connectivity index (χ0) is 23.4. The zero-order valence-electron chi connectivity index (χ0n) is 19.0. The quantitative estimate of drug-likeness (QED) is 0.650. The van der Waals surface area contributed by atoms with Crippen LogP contribution in [0.4, 0.5) is 16.2 Å². The average Bonchev–Trinajstić information content (AvgIpc) is 2.99. The second-order valence-electron chi connectivity index (χ2n) is 10.2. The topological polar surface area (TPSA) is 78.3 Å². The minimum absolute atomic E-state index is 0.00379. The van der Waals surface area contributed by atoms with Crippen molar-refractivity contribution in [1.82, 2.24) is 9.97 Å². The molecule has 1 saturated heterocycles. The minimum Gasteiger partial charge on any atom is -0.394 e. The van der Waals surface area contributed by atoms with Crippen LogP contribution in [-0.2, 0) is 17.2 Å². The van der Waals surface area contributed by atoms with Crippen LogP contribution in [0.2, 0.25) is 5.02 Å². The van der Waals surface area contributed by atoms with Gasteiger partial charge in [-0.2, -0.15) is 4.98 Å². The summed E-state index contributed by atoms with van der Waals surface area (Å²) in [5, 5.41) is 14.0. The van der Waals surface area contributed by atoms with E-state index in [2.05, 4.69) is 5.32 Å². The molecule has 2 N–H and O–H groups in total. The summed E-state index contributed by atoms with van der Waals surface area (Å²) in [7, 11) is -1.26. The van der Waals surface area contributed by atoms with E-state index in [1.54, 1.807) is 12.1 Å². The Kier molecular flexibility index (Phi) is 5.90. The number of aliphatic hydroxyl groups is 1. The molecule has 1 aromatic heterocycles. The number of rotatable bonds is 5. The molecule has 6 nitrogen and oxygen atoms in total. The van der Waals surface area contributed by atoms with Crippen LogP contribution < -0.4 is 10.2 Å². The summed E-state index contributed by atoms with van der Waals surface area (Å²) < 4.78 is 28.1. The summed E-state index contributed by atoms with van der Waals surface area (Å²) in [6, 6.07) is 7.40. The summed E-state index contributed by atoms with van der Waals surface area (Å²) in [6.45, 7) is 4.76. The van der Waals surface area contributed by atoms with Crippen LogP contribution in [-0.4, -0.2) is 55.4 Å². The number of anilines is 2. The molecule has 3 heterocycles. The first-order valence-corrected chi connectivity index (χ1v) is 13.1. The van der Waals surface area contributed by atoms with Crippen molar-refractivity contribution in [1.29, 1.82) is 0 Å². The van der Waals surface area contributed by atoms with E-state index < -0.39 is 27.3 Å². The number of aliphatic hydroxyl groups excluding tert-OH is 1. The number of hydrogen-bond acceptors (Lipinski definition) is 6. The number of nitrogens with one attached hydrogen (secondary N) is 1. The van der Waals surface area contributed by atoms with Gasteiger partial charge in [-0.15, -0.1) is 0 Å². The summed E-state index contributed by atoms with van der Waals surface area (Å²) in [5.74, 6) is 0.808. The highest BCUT2D eigenvalue weighted by molar-refractivity contribution is 7.87. The Balaban J connectivity index is 1.44. The maximum atomic E-state index is 15.3. The molecule has 3 atom stereocenters. The van der Waals surface area contributed by atoms with E-state index in [1.165, 1.54) is 0 Å². The normalized spacial score (nSPS) is 27.7. The fourth-order valence-corrected chi connectivity index (χ4v) is 6.67. The van der Waals surface area contributed by atoms with E-state index in [1.807, 2.05) is 30.9 Å². The number of fused-ring (bicyclic) bond motifs is 1. The number of alkyl halides is 1. The smallest absolute Gasteiger partial charge is 0.227 e. The molecular formula is C24H30ClFN4O2S. The highest BCUT2D eigenvalue weighted by Crippen LogP contribution is 2.43. The third-order valence-electron chi connectivity index (χ3n) is 7.32. The first-order chi connectivity index (χ1) is 15.7. The summed E-state index contributed by atoms with van der Waals surface area (Å²) in [4.78, 5) is 12.0. The minimum atomic E-state index is -1.26. The van der Waals surface area contributed by atoms with Crippen LogP contribution in [0, 0.1) is 0 Å². The molecule has 0 bridgehead atoms. The van der Waals surface area contributed by atoms with Crippen molar-refractivity contribution in [2.24, 2.45) is 0 Å². The number of hydrogen-bond donors (Lipinski definition) is 2. The van der Waals surface area contributed by atoms with Crippen LogP contribution in [0.5, 0.6) is 0 Å². The summed E-state index contributed by atoms with van der Waals surface area (Å²) in [5.41, 5.74) is 1.28. The zero-order valence-corrected chi connectivity index (χ0v) is 20.6. The van der Waals surface area contributed by atoms with Crippen molar-refractivity contribution in [3.05, 3.63) is 40.5 Å². The third kappa shape index (κ3) is 4.15. The highest BCUT2D eigenvalue weighted by atomic mass is 35.5. The van der Waals surface area contributed by atoms with Crippen molar-refractivity contribution < 1.29 is 13.7 Å². The first-order valence-electron chi connectivity index (χ1n) is 11.6. The molecule has 0 amide bonds. The number of nitrogens with zero attached hydrogens (tertiary/aromatic N) is 3. The van der Waals surface area contributed by atoms with Gasteiger partial charge in [0.25, 0.3) is 0 Å². The fourth-order valence-electron chi connectivity index (χ4n) is 5.12. The Morgan fingerprint density at radius 3 is 2.61 bits per heavy atom. The van der Waals surface area contributed by atoms with Gasteiger partial charge < -0.3 is 15.3 Å². The molecule has 3 aliphatic rings. The molecule has 5 rings (SSSR count). The van der Waals surface area contributed by atoms with Gasteiger partial charge in [-0.05, 0) is 57.2 Å². The van der Waals surface area contributed by atoms with Gasteiger partial charge in [-0.1, -0.05) is 23.7 Å². The number of benzene rings is 1. The monoisotopic (exact) mass is 492 g/mol. The molecule has 0 radical (unpaired) electrons. The lowest BCUT2D eigenvalue weighted by atomic mass is 9.77.